The molecule has 0 amide bonds. The van der Waals surface area contributed by atoms with Crippen LogP contribution in [0.5, 0.6) is 5.75 Å². The summed E-state index contributed by atoms with van der Waals surface area (Å²) in [5.74, 6) is 1.63. The molecule has 0 spiro atoms. The molecule has 1 unspecified atom stereocenters. The van der Waals surface area contributed by atoms with E-state index in [1.54, 1.807) is 6.07 Å². The summed E-state index contributed by atoms with van der Waals surface area (Å²) in [7, 11) is 0. The highest BCUT2D eigenvalue weighted by atomic mass is 16.5. The fraction of sp³-hybridized carbons (Fsp3) is 0.192. The first-order valence-electron chi connectivity index (χ1n) is 11.2. The molecule has 0 aliphatic carbocycles. The number of aliphatic hydroxyl groups is 1. The highest BCUT2D eigenvalue weighted by Crippen LogP contribution is 2.25. The van der Waals surface area contributed by atoms with Gasteiger partial charge in [-0.3, -0.25) is 4.79 Å². The maximum atomic E-state index is 11.2. The summed E-state index contributed by atoms with van der Waals surface area (Å²) < 4.78 is 5.86. The van der Waals surface area contributed by atoms with Gasteiger partial charge in [0, 0.05) is 36.5 Å². The molecule has 8 nitrogen and oxygen atoms in total. The number of aliphatic hydroxyl groups excluding tert-OH is 1. The molecule has 8 heteroatoms. The first kappa shape index (κ1) is 21.8. The van der Waals surface area contributed by atoms with Crippen molar-refractivity contribution in [1.82, 2.24) is 25.5 Å². The van der Waals surface area contributed by atoms with Crippen molar-refractivity contribution in [3.05, 3.63) is 89.0 Å². The summed E-state index contributed by atoms with van der Waals surface area (Å²) in [6.45, 7) is 1.31. The zero-order chi connectivity index (χ0) is 23.3. The highest BCUT2D eigenvalue weighted by Gasteiger charge is 2.09. The number of ether oxygens (including phenoxy) is 1. The van der Waals surface area contributed by atoms with E-state index in [9.17, 15) is 9.90 Å². The van der Waals surface area contributed by atoms with E-state index >= 15 is 0 Å². The van der Waals surface area contributed by atoms with Gasteiger partial charge in [0.1, 0.15) is 24.3 Å². The summed E-state index contributed by atoms with van der Waals surface area (Å²) in [6, 6.07) is 22.9. The molecule has 0 aliphatic heterocycles. The molecule has 0 saturated carbocycles. The van der Waals surface area contributed by atoms with E-state index in [0.717, 1.165) is 38.9 Å². The number of H-pyrrole nitrogens is 2. The van der Waals surface area contributed by atoms with Gasteiger partial charge >= 0.3 is 0 Å². The molecule has 2 heterocycles. The SMILES string of the molecule is O=c1ccc(-c2ccc3nc(CCNCC(O)COc4cccc5ccccc45)[nH]c3c2)n[nH]1. The largest absolute Gasteiger partial charge is 0.490 e. The van der Waals surface area contributed by atoms with Crippen LogP contribution in [-0.2, 0) is 6.42 Å². The van der Waals surface area contributed by atoms with Crippen LogP contribution in [0.15, 0.2) is 77.6 Å². The minimum absolute atomic E-state index is 0.215. The second-order valence-corrected chi connectivity index (χ2v) is 8.12. The van der Waals surface area contributed by atoms with Gasteiger partial charge in [-0.15, -0.1) is 0 Å². The predicted octanol–water partition coefficient (Wildman–Crippen LogP) is 3.04. The third-order valence-corrected chi connectivity index (χ3v) is 5.61. The van der Waals surface area contributed by atoms with Crippen LogP contribution in [0, 0.1) is 0 Å². The molecule has 5 aromatic rings. The molecule has 0 saturated heterocycles. The first-order valence-corrected chi connectivity index (χ1v) is 11.2. The molecule has 0 bridgehead atoms. The Bertz CT molecular complexity index is 1450. The molecular formula is C26H25N5O3. The first-order chi connectivity index (χ1) is 16.7. The minimum Gasteiger partial charge on any atom is -0.490 e. The lowest BCUT2D eigenvalue weighted by Gasteiger charge is -2.14. The molecule has 3 aromatic carbocycles. The summed E-state index contributed by atoms with van der Waals surface area (Å²) in [5.41, 5.74) is 3.13. The Morgan fingerprint density at radius 1 is 1.03 bits per heavy atom. The predicted molar refractivity (Wildman–Crippen MR) is 132 cm³/mol. The summed E-state index contributed by atoms with van der Waals surface area (Å²) in [6.07, 6.45) is 0.0691. The molecule has 0 radical (unpaired) electrons. The summed E-state index contributed by atoms with van der Waals surface area (Å²) >= 11 is 0. The van der Waals surface area contributed by atoms with Crippen LogP contribution in [0.1, 0.15) is 5.82 Å². The topological polar surface area (TPSA) is 116 Å². The van der Waals surface area contributed by atoms with Crippen molar-refractivity contribution in [3.63, 3.8) is 0 Å². The number of rotatable bonds is 9. The van der Waals surface area contributed by atoms with Gasteiger partial charge in [-0.05, 0) is 29.7 Å². The highest BCUT2D eigenvalue weighted by molar-refractivity contribution is 5.88. The lowest BCUT2D eigenvalue weighted by Crippen LogP contribution is -2.32. The third-order valence-electron chi connectivity index (χ3n) is 5.61. The van der Waals surface area contributed by atoms with Gasteiger partial charge < -0.3 is 20.1 Å². The summed E-state index contributed by atoms with van der Waals surface area (Å²) in [5, 5.41) is 22.2. The van der Waals surface area contributed by atoms with Crippen molar-refractivity contribution in [2.24, 2.45) is 0 Å². The van der Waals surface area contributed by atoms with E-state index < -0.39 is 6.10 Å². The van der Waals surface area contributed by atoms with Gasteiger partial charge in [-0.1, -0.05) is 42.5 Å². The standard InChI is InChI=1S/C26H25N5O3/c32-19(16-34-24-7-3-5-17-4-1-2-6-20(17)24)15-27-13-12-25-28-22-9-8-18(14-23(22)29-25)21-10-11-26(33)31-30-21/h1-11,14,19,27,32H,12-13,15-16H2,(H,28,29)(H,31,33). The molecule has 34 heavy (non-hydrogen) atoms. The molecule has 0 aliphatic rings. The number of hydrogen-bond acceptors (Lipinski definition) is 6. The van der Waals surface area contributed by atoms with Gasteiger partial charge in [0.05, 0.1) is 16.7 Å². The second-order valence-electron chi connectivity index (χ2n) is 8.12. The maximum Gasteiger partial charge on any atom is 0.264 e. The van der Waals surface area contributed by atoms with E-state index in [1.807, 2.05) is 60.7 Å². The Labute approximate surface area is 195 Å². The van der Waals surface area contributed by atoms with Crippen molar-refractivity contribution >= 4 is 21.8 Å². The molecule has 1 atom stereocenters. The van der Waals surface area contributed by atoms with Gasteiger partial charge in [0.2, 0.25) is 0 Å². The normalized spacial score (nSPS) is 12.3. The van der Waals surface area contributed by atoms with Crippen molar-refractivity contribution in [1.29, 1.82) is 0 Å². The Hall–Kier alpha value is -4.01. The van der Waals surface area contributed by atoms with Gasteiger partial charge in [-0.2, -0.15) is 5.10 Å². The maximum absolute atomic E-state index is 11.2. The Kier molecular flexibility index (Phi) is 6.33. The van der Waals surface area contributed by atoms with Crippen LogP contribution in [-0.4, -0.2) is 51.1 Å². The molecule has 5 rings (SSSR count). The zero-order valence-electron chi connectivity index (χ0n) is 18.5. The zero-order valence-corrected chi connectivity index (χ0v) is 18.5. The van der Waals surface area contributed by atoms with Crippen LogP contribution >= 0.6 is 0 Å². The number of nitrogens with zero attached hydrogens (tertiary/aromatic N) is 2. The van der Waals surface area contributed by atoms with Crippen molar-refractivity contribution in [3.8, 4) is 17.0 Å². The molecular weight excluding hydrogens is 430 g/mol. The van der Waals surface area contributed by atoms with Crippen molar-refractivity contribution < 1.29 is 9.84 Å². The Balaban J connectivity index is 1.12. The van der Waals surface area contributed by atoms with E-state index in [0.29, 0.717) is 25.2 Å². The van der Waals surface area contributed by atoms with Crippen LogP contribution in [0.4, 0.5) is 0 Å². The Morgan fingerprint density at radius 3 is 2.79 bits per heavy atom. The van der Waals surface area contributed by atoms with Crippen molar-refractivity contribution in [2.75, 3.05) is 19.7 Å². The minimum atomic E-state index is -0.623. The lowest BCUT2D eigenvalue weighted by molar-refractivity contribution is 0.107. The van der Waals surface area contributed by atoms with E-state index in [-0.39, 0.29) is 12.2 Å². The average molecular weight is 456 g/mol. The van der Waals surface area contributed by atoms with Crippen LogP contribution < -0.4 is 15.6 Å². The molecule has 172 valence electrons. The number of aromatic amines is 2. The number of hydrogen-bond donors (Lipinski definition) is 4. The van der Waals surface area contributed by atoms with Gasteiger partial charge in [-0.25, -0.2) is 10.1 Å². The monoisotopic (exact) mass is 455 g/mol. The van der Waals surface area contributed by atoms with Gasteiger partial charge in [0.15, 0.2) is 0 Å². The van der Waals surface area contributed by atoms with E-state index in [2.05, 4.69) is 25.5 Å². The van der Waals surface area contributed by atoms with Gasteiger partial charge in [0.25, 0.3) is 5.56 Å². The fourth-order valence-electron chi connectivity index (χ4n) is 3.89. The lowest BCUT2D eigenvalue weighted by atomic mass is 10.1. The smallest absolute Gasteiger partial charge is 0.264 e. The second kappa shape index (κ2) is 9.86. The van der Waals surface area contributed by atoms with Crippen LogP contribution in [0.2, 0.25) is 0 Å². The number of nitrogens with one attached hydrogen (secondary N) is 3. The molecule has 2 aromatic heterocycles. The number of imidazole rings is 1. The number of benzene rings is 3. The quantitative estimate of drug-likeness (QED) is 0.254. The fourth-order valence-corrected chi connectivity index (χ4v) is 3.89. The third kappa shape index (κ3) is 4.98. The molecule has 4 N–H and O–H groups in total. The number of fused-ring (bicyclic) bond motifs is 2. The van der Waals surface area contributed by atoms with Crippen molar-refractivity contribution in [2.45, 2.75) is 12.5 Å². The van der Waals surface area contributed by atoms with E-state index in [1.165, 1.54) is 6.07 Å². The van der Waals surface area contributed by atoms with Crippen LogP contribution in [0.3, 0.4) is 0 Å². The van der Waals surface area contributed by atoms with Crippen LogP contribution in [0.25, 0.3) is 33.1 Å². The Morgan fingerprint density at radius 2 is 1.91 bits per heavy atom. The molecule has 0 fully saturated rings. The number of aromatic nitrogens is 4. The average Bonchev–Trinajstić information content (AvgIpc) is 3.28. The van der Waals surface area contributed by atoms with E-state index in [4.69, 9.17) is 4.74 Å². The summed E-state index contributed by atoms with van der Waals surface area (Å²) in [4.78, 5) is 19.2.